The second kappa shape index (κ2) is 4.31. The average molecular weight is 260 g/mol. The van der Waals surface area contributed by atoms with Crippen LogP contribution in [0, 0.1) is 5.82 Å². The molecule has 0 unspecified atom stereocenters. The van der Waals surface area contributed by atoms with E-state index in [4.69, 9.17) is 11.6 Å². The average Bonchev–Trinajstić information content (AvgIpc) is 2.41. The number of rotatable bonds is 1. The molecule has 0 bridgehead atoms. The van der Waals surface area contributed by atoms with E-state index in [2.05, 4.69) is 15.0 Å². The Balaban J connectivity index is 2.22. The third kappa shape index (κ3) is 1.91. The third-order valence-electron chi connectivity index (χ3n) is 2.59. The number of pyridine rings is 1. The summed E-state index contributed by atoms with van der Waals surface area (Å²) < 4.78 is 13.7. The molecule has 0 aliphatic carbocycles. The van der Waals surface area contributed by atoms with Gasteiger partial charge in [0.05, 0.1) is 11.7 Å². The van der Waals surface area contributed by atoms with Crippen molar-refractivity contribution in [3.05, 3.63) is 53.8 Å². The quantitative estimate of drug-likeness (QED) is 0.628. The molecule has 3 rings (SSSR count). The fourth-order valence-electron chi connectivity index (χ4n) is 1.77. The lowest BCUT2D eigenvalue weighted by molar-refractivity contribution is 0.618. The van der Waals surface area contributed by atoms with Gasteiger partial charge in [0.1, 0.15) is 5.69 Å². The molecule has 0 saturated carbocycles. The van der Waals surface area contributed by atoms with Crippen LogP contribution in [-0.4, -0.2) is 15.0 Å². The van der Waals surface area contributed by atoms with Gasteiger partial charge in [-0.2, -0.15) is 0 Å². The molecule has 18 heavy (non-hydrogen) atoms. The molecule has 0 fully saturated rings. The van der Waals surface area contributed by atoms with Crippen LogP contribution in [-0.2, 0) is 0 Å². The van der Waals surface area contributed by atoms with Crippen LogP contribution < -0.4 is 0 Å². The van der Waals surface area contributed by atoms with Crippen molar-refractivity contribution in [3.63, 3.8) is 0 Å². The standard InChI is InChI=1S/C13H7ClFN3/c14-13-17-7-10(15)12(18-13)9-3-4-11-8(6-9)2-1-5-16-11/h1-7H. The van der Waals surface area contributed by atoms with Gasteiger partial charge in [-0.1, -0.05) is 12.1 Å². The minimum absolute atomic E-state index is 0.0256. The molecular weight excluding hydrogens is 253 g/mol. The second-order valence-corrected chi connectivity index (χ2v) is 4.08. The Morgan fingerprint density at radius 2 is 2.00 bits per heavy atom. The summed E-state index contributed by atoms with van der Waals surface area (Å²) in [6.45, 7) is 0. The van der Waals surface area contributed by atoms with Gasteiger partial charge < -0.3 is 0 Å². The monoisotopic (exact) mass is 259 g/mol. The van der Waals surface area contributed by atoms with Crippen molar-refractivity contribution in [1.29, 1.82) is 0 Å². The predicted octanol–water partition coefficient (Wildman–Crippen LogP) is 3.48. The summed E-state index contributed by atoms with van der Waals surface area (Å²) in [5, 5.41) is 0.946. The normalized spacial score (nSPS) is 10.8. The Labute approximate surface area is 107 Å². The summed E-state index contributed by atoms with van der Waals surface area (Å²) in [6.07, 6.45) is 2.78. The maximum Gasteiger partial charge on any atom is 0.223 e. The Kier molecular flexibility index (Phi) is 2.64. The summed E-state index contributed by atoms with van der Waals surface area (Å²) in [7, 11) is 0. The maximum absolute atomic E-state index is 13.7. The number of fused-ring (bicyclic) bond motifs is 1. The zero-order valence-electron chi connectivity index (χ0n) is 9.14. The zero-order chi connectivity index (χ0) is 12.5. The van der Waals surface area contributed by atoms with Gasteiger partial charge in [0.25, 0.3) is 0 Å². The van der Waals surface area contributed by atoms with Crippen LogP contribution in [0.15, 0.2) is 42.7 Å². The highest BCUT2D eigenvalue weighted by molar-refractivity contribution is 6.28. The first-order valence-electron chi connectivity index (χ1n) is 5.27. The highest BCUT2D eigenvalue weighted by atomic mass is 35.5. The molecule has 2 aromatic heterocycles. The van der Waals surface area contributed by atoms with E-state index >= 15 is 0 Å². The van der Waals surface area contributed by atoms with Crippen LogP contribution in [0.3, 0.4) is 0 Å². The first-order chi connectivity index (χ1) is 8.74. The number of aromatic nitrogens is 3. The first-order valence-corrected chi connectivity index (χ1v) is 5.65. The van der Waals surface area contributed by atoms with Gasteiger partial charge in [-0.25, -0.2) is 14.4 Å². The van der Waals surface area contributed by atoms with E-state index < -0.39 is 5.82 Å². The molecule has 2 heterocycles. The molecule has 1 aromatic carbocycles. The fourth-order valence-corrected chi connectivity index (χ4v) is 1.90. The summed E-state index contributed by atoms with van der Waals surface area (Å²) in [4.78, 5) is 11.7. The lowest BCUT2D eigenvalue weighted by Crippen LogP contribution is -1.92. The minimum Gasteiger partial charge on any atom is -0.256 e. The number of hydrogen-bond donors (Lipinski definition) is 0. The molecule has 3 aromatic rings. The van der Waals surface area contributed by atoms with E-state index in [-0.39, 0.29) is 11.0 Å². The molecule has 0 atom stereocenters. The number of halogens is 2. The maximum atomic E-state index is 13.7. The van der Waals surface area contributed by atoms with Crippen LogP contribution in [0.5, 0.6) is 0 Å². The number of hydrogen-bond acceptors (Lipinski definition) is 3. The molecule has 88 valence electrons. The van der Waals surface area contributed by atoms with E-state index in [1.165, 1.54) is 0 Å². The molecule has 0 aliphatic rings. The molecular formula is C13H7ClFN3. The minimum atomic E-state index is -0.498. The van der Waals surface area contributed by atoms with E-state index in [0.29, 0.717) is 5.56 Å². The zero-order valence-corrected chi connectivity index (χ0v) is 9.89. The van der Waals surface area contributed by atoms with Gasteiger partial charge in [0.15, 0.2) is 5.82 Å². The topological polar surface area (TPSA) is 38.7 Å². The van der Waals surface area contributed by atoms with E-state index in [9.17, 15) is 4.39 Å². The predicted molar refractivity (Wildman–Crippen MR) is 67.7 cm³/mol. The van der Waals surface area contributed by atoms with E-state index in [1.54, 1.807) is 12.3 Å². The second-order valence-electron chi connectivity index (χ2n) is 3.75. The molecule has 0 aliphatic heterocycles. The van der Waals surface area contributed by atoms with Gasteiger partial charge in [-0.05, 0) is 29.8 Å². The smallest absolute Gasteiger partial charge is 0.223 e. The van der Waals surface area contributed by atoms with Gasteiger partial charge in [-0.3, -0.25) is 4.98 Å². The van der Waals surface area contributed by atoms with Crippen LogP contribution >= 0.6 is 11.6 Å². The molecule has 0 N–H and O–H groups in total. The molecule has 5 heteroatoms. The Morgan fingerprint density at radius 1 is 1.11 bits per heavy atom. The molecule has 0 amide bonds. The SMILES string of the molecule is Fc1cnc(Cl)nc1-c1ccc2ncccc2c1. The van der Waals surface area contributed by atoms with E-state index in [0.717, 1.165) is 17.1 Å². The molecule has 3 nitrogen and oxygen atoms in total. The van der Waals surface area contributed by atoms with Crippen LogP contribution in [0.4, 0.5) is 4.39 Å². The Bertz CT molecular complexity index is 730. The van der Waals surface area contributed by atoms with Crippen molar-refractivity contribution in [2.75, 3.05) is 0 Å². The number of nitrogens with zero attached hydrogens (tertiary/aromatic N) is 3. The van der Waals surface area contributed by atoms with Crippen molar-refractivity contribution in [1.82, 2.24) is 15.0 Å². The third-order valence-corrected chi connectivity index (χ3v) is 2.77. The first kappa shape index (κ1) is 11.0. The van der Waals surface area contributed by atoms with Gasteiger partial charge >= 0.3 is 0 Å². The van der Waals surface area contributed by atoms with Gasteiger partial charge in [0, 0.05) is 17.1 Å². The van der Waals surface area contributed by atoms with Crippen molar-refractivity contribution in [2.24, 2.45) is 0 Å². The lowest BCUT2D eigenvalue weighted by atomic mass is 10.1. The highest BCUT2D eigenvalue weighted by Crippen LogP contribution is 2.24. The molecule has 0 spiro atoms. The summed E-state index contributed by atoms with van der Waals surface area (Å²) in [5.41, 5.74) is 1.69. The van der Waals surface area contributed by atoms with Crippen LogP contribution in [0.25, 0.3) is 22.2 Å². The van der Waals surface area contributed by atoms with Crippen LogP contribution in [0.1, 0.15) is 0 Å². The molecule has 0 saturated heterocycles. The van der Waals surface area contributed by atoms with Crippen molar-refractivity contribution in [3.8, 4) is 11.3 Å². The number of benzene rings is 1. The Morgan fingerprint density at radius 3 is 2.89 bits per heavy atom. The summed E-state index contributed by atoms with van der Waals surface area (Å²) >= 11 is 5.68. The van der Waals surface area contributed by atoms with Crippen molar-refractivity contribution >= 4 is 22.5 Å². The van der Waals surface area contributed by atoms with Crippen LogP contribution in [0.2, 0.25) is 5.28 Å². The van der Waals surface area contributed by atoms with Gasteiger partial charge in [0.2, 0.25) is 5.28 Å². The Hall–Kier alpha value is -2.07. The highest BCUT2D eigenvalue weighted by Gasteiger charge is 2.09. The van der Waals surface area contributed by atoms with Gasteiger partial charge in [-0.15, -0.1) is 0 Å². The lowest BCUT2D eigenvalue weighted by Gasteiger charge is -2.04. The molecule has 0 radical (unpaired) electrons. The summed E-state index contributed by atoms with van der Waals surface area (Å²) in [6, 6.07) is 9.14. The van der Waals surface area contributed by atoms with E-state index in [1.807, 2.05) is 24.3 Å². The fraction of sp³-hybridized carbons (Fsp3) is 0. The summed E-state index contributed by atoms with van der Waals surface area (Å²) in [5.74, 6) is -0.498. The van der Waals surface area contributed by atoms with Crippen molar-refractivity contribution in [2.45, 2.75) is 0 Å². The van der Waals surface area contributed by atoms with Crippen molar-refractivity contribution < 1.29 is 4.39 Å². The largest absolute Gasteiger partial charge is 0.256 e.